The summed E-state index contributed by atoms with van der Waals surface area (Å²) >= 11 is 0. The highest BCUT2D eigenvalue weighted by Gasteiger charge is 2.16. The van der Waals surface area contributed by atoms with Gasteiger partial charge in [0.2, 0.25) is 0 Å². The summed E-state index contributed by atoms with van der Waals surface area (Å²) in [6.45, 7) is 3.53. The van der Waals surface area contributed by atoms with Crippen LogP contribution in [0.2, 0.25) is 0 Å². The number of nitrogens with one attached hydrogen (secondary N) is 2. The van der Waals surface area contributed by atoms with Crippen molar-refractivity contribution in [1.82, 2.24) is 10.6 Å². The van der Waals surface area contributed by atoms with Crippen molar-refractivity contribution in [3.8, 4) is 5.75 Å². The topological polar surface area (TPSA) is 93.7 Å². The van der Waals surface area contributed by atoms with Gasteiger partial charge in [0, 0.05) is 0 Å². The van der Waals surface area contributed by atoms with E-state index in [-0.39, 0.29) is 12.6 Å². The van der Waals surface area contributed by atoms with Gasteiger partial charge in [-0.1, -0.05) is 55.8 Å². The zero-order chi connectivity index (χ0) is 21.8. The van der Waals surface area contributed by atoms with Gasteiger partial charge in [-0.15, -0.1) is 0 Å². The second kappa shape index (κ2) is 12.3. The number of rotatable bonds is 11. The second-order valence-corrected chi connectivity index (χ2v) is 6.59. The van der Waals surface area contributed by atoms with Crippen molar-refractivity contribution in [2.75, 3.05) is 19.8 Å². The van der Waals surface area contributed by atoms with Crippen LogP contribution in [0.1, 0.15) is 48.7 Å². The number of carbonyl (C=O) groups is 3. The second-order valence-electron chi connectivity index (χ2n) is 6.59. The van der Waals surface area contributed by atoms with Crippen molar-refractivity contribution in [2.45, 2.75) is 32.7 Å². The molecule has 0 spiro atoms. The van der Waals surface area contributed by atoms with Crippen LogP contribution in [-0.2, 0) is 14.3 Å². The number of amides is 2. The van der Waals surface area contributed by atoms with E-state index in [4.69, 9.17) is 9.47 Å². The standard InChI is InChI=1S/C23H28N2O5/c1-3-10-19(17-11-6-5-7-12-17)25-21(26)16-30-22(27)15-24-23(28)18-13-8-9-14-20(18)29-4-2/h5-9,11-14,19H,3-4,10,15-16H2,1-2H3,(H,24,28)(H,25,26)/t19-/m0/s1. The molecule has 2 aromatic carbocycles. The number of carbonyl (C=O) groups excluding carboxylic acids is 3. The molecule has 0 saturated carbocycles. The fraction of sp³-hybridized carbons (Fsp3) is 0.348. The first-order valence-corrected chi connectivity index (χ1v) is 10.0. The minimum absolute atomic E-state index is 0.142. The average Bonchev–Trinajstić information content (AvgIpc) is 2.77. The first-order valence-electron chi connectivity index (χ1n) is 10.0. The van der Waals surface area contributed by atoms with Crippen LogP contribution in [0.3, 0.4) is 0 Å². The van der Waals surface area contributed by atoms with Gasteiger partial charge in [0.25, 0.3) is 11.8 Å². The number of ether oxygens (including phenoxy) is 2. The predicted molar refractivity (Wildman–Crippen MR) is 113 cm³/mol. The van der Waals surface area contributed by atoms with Crippen LogP contribution in [0.25, 0.3) is 0 Å². The zero-order valence-electron chi connectivity index (χ0n) is 17.4. The maximum Gasteiger partial charge on any atom is 0.325 e. The van der Waals surface area contributed by atoms with Crippen LogP contribution in [0, 0.1) is 0 Å². The predicted octanol–water partition coefficient (Wildman–Crippen LogP) is 3.02. The fourth-order valence-electron chi connectivity index (χ4n) is 2.91. The van der Waals surface area contributed by atoms with Crippen LogP contribution < -0.4 is 15.4 Å². The average molecular weight is 412 g/mol. The van der Waals surface area contributed by atoms with Crippen LogP contribution >= 0.6 is 0 Å². The molecule has 0 aliphatic carbocycles. The number of hydrogen-bond acceptors (Lipinski definition) is 5. The molecule has 0 aliphatic rings. The summed E-state index contributed by atoms with van der Waals surface area (Å²) < 4.78 is 10.4. The summed E-state index contributed by atoms with van der Waals surface area (Å²) in [5.74, 6) is -1.10. The van der Waals surface area contributed by atoms with Gasteiger partial charge in [-0.25, -0.2) is 0 Å². The summed E-state index contributed by atoms with van der Waals surface area (Å²) in [6, 6.07) is 16.2. The molecule has 1 atom stereocenters. The molecule has 2 N–H and O–H groups in total. The van der Waals surface area contributed by atoms with E-state index in [1.165, 1.54) is 0 Å². The lowest BCUT2D eigenvalue weighted by molar-refractivity contribution is -0.147. The van der Waals surface area contributed by atoms with Gasteiger partial charge in [0.05, 0.1) is 18.2 Å². The number of para-hydroxylation sites is 1. The van der Waals surface area contributed by atoms with Gasteiger partial charge in [-0.2, -0.15) is 0 Å². The fourth-order valence-corrected chi connectivity index (χ4v) is 2.91. The van der Waals surface area contributed by atoms with Crippen molar-refractivity contribution in [2.24, 2.45) is 0 Å². The highest BCUT2D eigenvalue weighted by molar-refractivity contribution is 5.98. The van der Waals surface area contributed by atoms with E-state index in [2.05, 4.69) is 10.6 Å². The van der Waals surface area contributed by atoms with E-state index in [9.17, 15) is 14.4 Å². The Hall–Kier alpha value is -3.35. The molecule has 2 aromatic rings. The Kier molecular flexibility index (Phi) is 9.37. The number of hydrogen-bond donors (Lipinski definition) is 2. The third kappa shape index (κ3) is 7.24. The Morgan fingerprint density at radius 1 is 0.967 bits per heavy atom. The molecule has 0 aliphatic heterocycles. The molecular weight excluding hydrogens is 384 g/mol. The number of benzene rings is 2. The first kappa shape index (κ1) is 22.9. The molecule has 30 heavy (non-hydrogen) atoms. The molecule has 160 valence electrons. The summed E-state index contributed by atoms with van der Waals surface area (Å²) in [4.78, 5) is 36.4. The third-order valence-electron chi connectivity index (χ3n) is 4.30. The van der Waals surface area contributed by atoms with E-state index < -0.39 is 24.4 Å². The SMILES string of the molecule is CCC[C@H](NC(=O)COC(=O)CNC(=O)c1ccccc1OCC)c1ccccc1. The van der Waals surface area contributed by atoms with Crippen molar-refractivity contribution < 1.29 is 23.9 Å². The van der Waals surface area contributed by atoms with Crippen molar-refractivity contribution in [3.05, 3.63) is 65.7 Å². The molecule has 0 fully saturated rings. The lowest BCUT2D eigenvalue weighted by atomic mass is 10.0. The molecule has 0 bridgehead atoms. The molecule has 0 heterocycles. The van der Waals surface area contributed by atoms with Gasteiger partial charge < -0.3 is 20.1 Å². The largest absolute Gasteiger partial charge is 0.493 e. The monoisotopic (exact) mass is 412 g/mol. The minimum atomic E-state index is -0.695. The summed E-state index contributed by atoms with van der Waals surface area (Å²) in [5, 5.41) is 5.36. The quantitative estimate of drug-likeness (QED) is 0.554. The lowest BCUT2D eigenvalue weighted by Gasteiger charge is -2.18. The van der Waals surface area contributed by atoms with Gasteiger partial charge in [0.15, 0.2) is 6.61 Å². The molecule has 7 heteroatoms. The molecule has 7 nitrogen and oxygen atoms in total. The molecule has 0 saturated heterocycles. The van der Waals surface area contributed by atoms with Crippen LogP contribution in [-0.4, -0.2) is 37.5 Å². The summed E-state index contributed by atoms with van der Waals surface area (Å²) in [6.07, 6.45) is 1.67. The Morgan fingerprint density at radius 3 is 2.37 bits per heavy atom. The van der Waals surface area contributed by atoms with Gasteiger partial charge in [0.1, 0.15) is 12.3 Å². The Labute approximate surface area is 176 Å². The van der Waals surface area contributed by atoms with Crippen LogP contribution in [0.4, 0.5) is 0 Å². The van der Waals surface area contributed by atoms with Crippen molar-refractivity contribution >= 4 is 17.8 Å². The molecule has 0 radical (unpaired) electrons. The Balaban J connectivity index is 1.80. The van der Waals surface area contributed by atoms with Crippen LogP contribution in [0.5, 0.6) is 5.75 Å². The molecular formula is C23H28N2O5. The summed E-state index contributed by atoms with van der Waals surface area (Å²) in [5.41, 5.74) is 1.33. The molecule has 0 aromatic heterocycles. The van der Waals surface area contributed by atoms with E-state index >= 15 is 0 Å². The highest BCUT2D eigenvalue weighted by Crippen LogP contribution is 2.18. The van der Waals surface area contributed by atoms with E-state index in [1.807, 2.05) is 44.2 Å². The lowest BCUT2D eigenvalue weighted by Crippen LogP contribution is -2.35. The van der Waals surface area contributed by atoms with Gasteiger partial charge in [-0.05, 0) is 31.0 Å². The third-order valence-corrected chi connectivity index (χ3v) is 4.30. The minimum Gasteiger partial charge on any atom is -0.493 e. The summed E-state index contributed by atoms with van der Waals surface area (Å²) in [7, 11) is 0. The first-order chi connectivity index (χ1) is 14.5. The van der Waals surface area contributed by atoms with Gasteiger partial charge in [-0.3, -0.25) is 14.4 Å². The highest BCUT2D eigenvalue weighted by atomic mass is 16.5. The Bertz CT molecular complexity index is 838. The molecule has 0 unspecified atom stereocenters. The maximum absolute atomic E-state index is 12.3. The Morgan fingerprint density at radius 2 is 1.67 bits per heavy atom. The van der Waals surface area contributed by atoms with Crippen LogP contribution in [0.15, 0.2) is 54.6 Å². The smallest absolute Gasteiger partial charge is 0.325 e. The van der Waals surface area contributed by atoms with E-state index in [0.717, 1.165) is 18.4 Å². The zero-order valence-corrected chi connectivity index (χ0v) is 17.4. The van der Waals surface area contributed by atoms with E-state index in [0.29, 0.717) is 17.9 Å². The van der Waals surface area contributed by atoms with E-state index in [1.54, 1.807) is 24.3 Å². The van der Waals surface area contributed by atoms with Gasteiger partial charge >= 0.3 is 5.97 Å². The van der Waals surface area contributed by atoms with Crippen molar-refractivity contribution in [1.29, 1.82) is 0 Å². The number of esters is 1. The maximum atomic E-state index is 12.3. The normalized spacial score (nSPS) is 11.3. The molecule has 2 rings (SSSR count). The van der Waals surface area contributed by atoms with Crippen molar-refractivity contribution in [3.63, 3.8) is 0 Å². The molecule has 2 amide bonds.